The molecular weight excluding hydrogens is 250 g/mol. The molecule has 4 heteroatoms. The van der Waals surface area contributed by atoms with Crippen molar-refractivity contribution in [1.82, 2.24) is 15.1 Å². The van der Waals surface area contributed by atoms with Crippen molar-refractivity contribution in [3.05, 3.63) is 47.8 Å². The maximum Gasteiger partial charge on any atom is 0.119 e. The summed E-state index contributed by atoms with van der Waals surface area (Å²) in [5, 5.41) is 7.62. The van der Waals surface area contributed by atoms with Crippen LogP contribution in [0.2, 0.25) is 0 Å². The van der Waals surface area contributed by atoms with Crippen molar-refractivity contribution in [2.45, 2.75) is 33.4 Å². The number of hydrogen-bond acceptors (Lipinski definition) is 3. The summed E-state index contributed by atoms with van der Waals surface area (Å²) in [6.45, 7) is 7.60. The lowest BCUT2D eigenvalue weighted by molar-refractivity contribution is 0.290. The first-order valence-electron chi connectivity index (χ1n) is 7.20. The van der Waals surface area contributed by atoms with Crippen LogP contribution >= 0.6 is 0 Å². The first-order valence-corrected chi connectivity index (χ1v) is 7.20. The molecule has 1 aromatic heterocycles. The predicted octanol–water partition coefficient (Wildman–Crippen LogP) is 2.77. The molecule has 4 nitrogen and oxygen atoms in total. The Morgan fingerprint density at radius 3 is 2.65 bits per heavy atom. The lowest BCUT2D eigenvalue weighted by atomic mass is 10.2. The van der Waals surface area contributed by atoms with Gasteiger partial charge in [0.1, 0.15) is 12.4 Å². The van der Waals surface area contributed by atoms with Gasteiger partial charge in [-0.25, -0.2) is 0 Å². The maximum atomic E-state index is 5.73. The molecule has 0 unspecified atom stereocenters. The lowest BCUT2D eigenvalue weighted by Crippen LogP contribution is -2.13. The van der Waals surface area contributed by atoms with Gasteiger partial charge < -0.3 is 10.1 Å². The van der Waals surface area contributed by atoms with Crippen LogP contribution in [-0.4, -0.2) is 22.9 Å². The van der Waals surface area contributed by atoms with Crippen LogP contribution in [0.25, 0.3) is 0 Å². The third kappa shape index (κ3) is 4.38. The van der Waals surface area contributed by atoms with Crippen molar-refractivity contribution in [3.8, 4) is 5.75 Å². The van der Waals surface area contributed by atoms with Gasteiger partial charge in [-0.1, -0.05) is 19.1 Å². The molecular formula is C16H23N3O. The Kier molecular flexibility index (Phi) is 5.62. The fourth-order valence-electron chi connectivity index (χ4n) is 2.00. The Hall–Kier alpha value is -1.81. The molecule has 0 atom stereocenters. The maximum absolute atomic E-state index is 5.73. The van der Waals surface area contributed by atoms with Crippen LogP contribution in [0.4, 0.5) is 0 Å². The first-order chi connectivity index (χ1) is 9.79. The molecule has 0 aliphatic heterocycles. The van der Waals surface area contributed by atoms with Crippen molar-refractivity contribution in [2.75, 3.05) is 13.2 Å². The van der Waals surface area contributed by atoms with Crippen LogP contribution in [-0.2, 0) is 13.1 Å². The van der Waals surface area contributed by atoms with Gasteiger partial charge in [0, 0.05) is 18.4 Å². The molecule has 1 N–H and O–H groups in total. The topological polar surface area (TPSA) is 39.1 Å². The van der Waals surface area contributed by atoms with Crippen molar-refractivity contribution < 1.29 is 4.74 Å². The summed E-state index contributed by atoms with van der Waals surface area (Å²) in [4.78, 5) is 0. The van der Waals surface area contributed by atoms with Gasteiger partial charge in [0.05, 0.1) is 6.54 Å². The first kappa shape index (κ1) is 14.6. The second-order valence-corrected chi connectivity index (χ2v) is 4.86. The number of nitrogens with zero attached hydrogens (tertiary/aromatic N) is 2. The Balaban J connectivity index is 1.74. The summed E-state index contributed by atoms with van der Waals surface area (Å²) in [7, 11) is 0. The van der Waals surface area contributed by atoms with E-state index in [-0.39, 0.29) is 0 Å². The Bertz CT molecular complexity index is 505. The average Bonchev–Trinajstić information content (AvgIpc) is 2.87. The van der Waals surface area contributed by atoms with Gasteiger partial charge in [0.2, 0.25) is 0 Å². The fraction of sp³-hybridized carbons (Fsp3) is 0.438. The zero-order chi connectivity index (χ0) is 14.2. The zero-order valence-corrected chi connectivity index (χ0v) is 12.3. The molecule has 0 bridgehead atoms. The van der Waals surface area contributed by atoms with Crippen molar-refractivity contribution in [3.63, 3.8) is 0 Å². The summed E-state index contributed by atoms with van der Waals surface area (Å²) in [5.74, 6) is 0.911. The van der Waals surface area contributed by atoms with Gasteiger partial charge in [-0.2, -0.15) is 5.10 Å². The lowest BCUT2D eigenvalue weighted by Gasteiger charge is -2.09. The molecule has 0 aliphatic rings. The molecule has 1 heterocycles. The van der Waals surface area contributed by atoms with Gasteiger partial charge in [-0.15, -0.1) is 0 Å². The molecule has 0 amide bonds. The van der Waals surface area contributed by atoms with Gasteiger partial charge in [-0.3, -0.25) is 4.68 Å². The van der Waals surface area contributed by atoms with Gasteiger partial charge in [0.25, 0.3) is 0 Å². The highest BCUT2D eigenvalue weighted by Crippen LogP contribution is 2.12. The van der Waals surface area contributed by atoms with Crippen molar-refractivity contribution in [2.24, 2.45) is 0 Å². The Morgan fingerprint density at radius 1 is 1.20 bits per heavy atom. The van der Waals surface area contributed by atoms with Gasteiger partial charge in [0.15, 0.2) is 0 Å². The number of nitrogens with one attached hydrogen (secondary N) is 1. The average molecular weight is 273 g/mol. The minimum absolute atomic E-state index is 0.635. The van der Waals surface area contributed by atoms with Crippen LogP contribution in [0.3, 0.4) is 0 Å². The van der Waals surface area contributed by atoms with E-state index >= 15 is 0 Å². The summed E-state index contributed by atoms with van der Waals surface area (Å²) in [6.07, 6.45) is 2.97. The van der Waals surface area contributed by atoms with Crippen molar-refractivity contribution >= 4 is 0 Å². The quantitative estimate of drug-likeness (QED) is 0.752. The van der Waals surface area contributed by atoms with E-state index in [4.69, 9.17) is 4.74 Å². The summed E-state index contributed by atoms with van der Waals surface area (Å²) in [6, 6.07) is 10.3. The molecule has 0 saturated heterocycles. The van der Waals surface area contributed by atoms with E-state index in [2.05, 4.69) is 29.5 Å². The molecule has 2 aromatic rings. The third-order valence-electron chi connectivity index (χ3n) is 3.18. The molecule has 1 aromatic carbocycles. The molecule has 0 spiro atoms. The highest BCUT2D eigenvalue weighted by Gasteiger charge is 1.98. The third-order valence-corrected chi connectivity index (χ3v) is 3.18. The van der Waals surface area contributed by atoms with Gasteiger partial charge >= 0.3 is 0 Å². The number of aromatic nitrogens is 2. The zero-order valence-electron chi connectivity index (χ0n) is 12.3. The van der Waals surface area contributed by atoms with Crippen LogP contribution in [0.1, 0.15) is 24.6 Å². The molecule has 2 rings (SSSR count). The predicted molar refractivity (Wildman–Crippen MR) is 80.9 cm³/mol. The molecule has 0 radical (unpaired) electrons. The fourth-order valence-corrected chi connectivity index (χ4v) is 2.00. The normalized spacial score (nSPS) is 10.7. The van der Waals surface area contributed by atoms with E-state index < -0.39 is 0 Å². The monoisotopic (exact) mass is 273 g/mol. The minimum atomic E-state index is 0.635. The number of rotatable bonds is 8. The standard InChI is InChI=1S/C16H23N3O/c1-3-9-17-13-15-4-6-16(7-5-15)20-12-11-19-14(2)8-10-18-19/h4-8,10,17H,3,9,11-13H2,1-2H3. The Labute approximate surface area is 120 Å². The molecule has 0 saturated carbocycles. The van der Waals surface area contributed by atoms with Crippen LogP contribution in [0, 0.1) is 6.92 Å². The minimum Gasteiger partial charge on any atom is -0.492 e. The van der Waals surface area contributed by atoms with E-state index in [1.54, 1.807) is 0 Å². The van der Waals surface area contributed by atoms with Crippen LogP contribution < -0.4 is 10.1 Å². The van der Waals surface area contributed by atoms with E-state index in [0.29, 0.717) is 6.61 Å². The van der Waals surface area contributed by atoms with Crippen LogP contribution in [0.15, 0.2) is 36.5 Å². The van der Waals surface area contributed by atoms with E-state index in [9.17, 15) is 0 Å². The second kappa shape index (κ2) is 7.70. The van der Waals surface area contributed by atoms with Gasteiger partial charge in [-0.05, 0) is 43.7 Å². The SMILES string of the molecule is CCCNCc1ccc(OCCn2nccc2C)cc1. The number of hydrogen-bond donors (Lipinski definition) is 1. The number of benzene rings is 1. The van der Waals surface area contributed by atoms with E-state index in [1.807, 2.05) is 36.0 Å². The largest absolute Gasteiger partial charge is 0.492 e. The highest BCUT2D eigenvalue weighted by atomic mass is 16.5. The summed E-state index contributed by atoms with van der Waals surface area (Å²) >= 11 is 0. The highest BCUT2D eigenvalue weighted by molar-refractivity contribution is 5.27. The van der Waals surface area contributed by atoms with Crippen LogP contribution in [0.5, 0.6) is 5.75 Å². The summed E-state index contributed by atoms with van der Waals surface area (Å²) in [5.41, 5.74) is 2.44. The molecule has 20 heavy (non-hydrogen) atoms. The second-order valence-electron chi connectivity index (χ2n) is 4.86. The van der Waals surface area contributed by atoms with E-state index in [0.717, 1.165) is 37.5 Å². The molecule has 108 valence electrons. The molecule has 0 aliphatic carbocycles. The van der Waals surface area contributed by atoms with Crippen molar-refractivity contribution in [1.29, 1.82) is 0 Å². The molecule has 0 fully saturated rings. The van der Waals surface area contributed by atoms with E-state index in [1.165, 1.54) is 5.56 Å². The Morgan fingerprint density at radius 2 is 2.00 bits per heavy atom. The summed E-state index contributed by atoms with van der Waals surface area (Å²) < 4.78 is 7.68. The smallest absolute Gasteiger partial charge is 0.119 e. The number of ether oxygens (including phenoxy) is 1. The number of aryl methyl sites for hydroxylation is 1.